The van der Waals surface area contributed by atoms with Crippen molar-refractivity contribution in [3.8, 4) is 6.19 Å². The zero-order valence-corrected chi connectivity index (χ0v) is 22.7. The lowest BCUT2D eigenvalue weighted by Crippen LogP contribution is -2.53. The highest BCUT2D eigenvalue weighted by molar-refractivity contribution is 6.04. The van der Waals surface area contributed by atoms with Crippen molar-refractivity contribution in [1.82, 2.24) is 15.2 Å². The van der Waals surface area contributed by atoms with Crippen molar-refractivity contribution >= 4 is 17.5 Å². The number of nitriles is 1. The molecule has 214 valence electrons. The smallest absolute Gasteiger partial charge is 0.254 e. The summed E-state index contributed by atoms with van der Waals surface area (Å²) in [6.45, 7) is 6.04. The predicted octanol–water partition coefficient (Wildman–Crippen LogP) is 5.18. The Labute approximate surface area is 231 Å². The number of nitrogens with one attached hydrogen (secondary N) is 1. The van der Waals surface area contributed by atoms with Gasteiger partial charge in [0.2, 0.25) is 11.8 Å². The number of aromatic nitrogens is 1. The van der Waals surface area contributed by atoms with Crippen LogP contribution in [-0.4, -0.2) is 52.4 Å². The fraction of sp³-hybridized carbons (Fsp3) is 0.517. The van der Waals surface area contributed by atoms with Gasteiger partial charge in [0.1, 0.15) is 24.1 Å². The molecule has 7 nitrogen and oxygen atoms in total. The summed E-state index contributed by atoms with van der Waals surface area (Å²) in [4.78, 5) is 33.9. The van der Waals surface area contributed by atoms with Crippen molar-refractivity contribution < 1.29 is 27.2 Å². The molecule has 0 bridgehead atoms. The molecule has 1 aromatic carbocycles. The number of carbonyl (C=O) groups excluding carboxylic acids is 2. The molecule has 1 aliphatic carbocycles. The molecule has 11 heteroatoms. The maximum absolute atomic E-state index is 15.1. The van der Waals surface area contributed by atoms with Gasteiger partial charge in [0.05, 0.1) is 6.20 Å². The van der Waals surface area contributed by atoms with Crippen LogP contribution in [0.3, 0.4) is 0 Å². The van der Waals surface area contributed by atoms with E-state index in [0.29, 0.717) is 0 Å². The Kier molecular flexibility index (Phi) is 8.38. The lowest BCUT2D eigenvalue weighted by atomic mass is 9.87. The van der Waals surface area contributed by atoms with Gasteiger partial charge >= 0.3 is 0 Å². The lowest BCUT2D eigenvalue weighted by molar-refractivity contribution is -0.129. The van der Waals surface area contributed by atoms with Gasteiger partial charge in [0.15, 0.2) is 6.19 Å². The number of hydrogen-bond donors (Lipinski definition) is 1. The number of hydrogen-bond acceptors (Lipinski definition) is 5. The van der Waals surface area contributed by atoms with Crippen LogP contribution >= 0.6 is 0 Å². The fourth-order valence-corrected chi connectivity index (χ4v) is 5.28. The molecule has 2 heterocycles. The first kappa shape index (κ1) is 29.3. The third-order valence-corrected chi connectivity index (χ3v) is 7.57. The molecule has 0 radical (unpaired) electrons. The van der Waals surface area contributed by atoms with E-state index in [1.165, 1.54) is 6.20 Å². The summed E-state index contributed by atoms with van der Waals surface area (Å²) in [6, 6.07) is 4.26. The minimum atomic E-state index is -2.82. The zero-order chi connectivity index (χ0) is 29.2. The molecular formula is C29H33F4N5O2. The van der Waals surface area contributed by atoms with Gasteiger partial charge in [-0.25, -0.2) is 17.6 Å². The molecule has 4 rings (SSSR count). The Morgan fingerprint density at radius 3 is 2.38 bits per heavy atom. The number of benzene rings is 1. The Balaban J connectivity index is 1.80. The van der Waals surface area contributed by atoms with E-state index in [2.05, 4.69) is 10.3 Å². The molecule has 2 aliphatic rings. The van der Waals surface area contributed by atoms with Crippen molar-refractivity contribution in [3.63, 3.8) is 0 Å². The largest absolute Gasteiger partial charge is 0.351 e. The third kappa shape index (κ3) is 6.37. The summed E-state index contributed by atoms with van der Waals surface area (Å²) >= 11 is 0. The van der Waals surface area contributed by atoms with E-state index in [0.717, 1.165) is 27.6 Å². The van der Waals surface area contributed by atoms with Crippen molar-refractivity contribution in [2.24, 2.45) is 0 Å². The molecule has 3 unspecified atom stereocenters. The summed E-state index contributed by atoms with van der Waals surface area (Å²) in [7, 11) is 0. The standard InChI is InChI=1S/C29H33F4N5O2/c1-28(2,3)19-4-6-22(7-5-19)38(27(40)25-23(31)10-13-37(25)17-34)24(18-14-20(30)16-35-15-18)26(39)36-21-8-11-29(32,33)12-9-21/h4-7,14-16,21,23-25H,8-13H2,1-3H3,(H,36,39). The number of nitrogens with zero attached hydrogens (tertiary/aromatic N) is 4. The van der Waals surface area contributed by atoms with Crippen molar-refractivity contribution in [1.29, 1.82) is 5.26 Å². The molecule has 2 aromatic rings. The third-order valence-electron chi connectivity index (χ3n) is 7.57. The summed E-state index contributed by atoms with van der Waals surface area (Å²) in [5, 5.41) is 12.3. The highest BCUT2D eigenvalue weighted by atomic mass is 19.3. The van der Waals surface area contributed by atoms with Crippen LogP contribution in [0.15, 0.2) is 42.7 Å². The molecule has 1 aromatic heterocycles. The van der Waals surface area contributed by atoms with Crippen LogP contribution in [0.5, 0.6) is 0 Å². The second-order valence-electron chi connectivity index (χ2n) is 11.5. The monoisotopic (exact) mass is 559 g/mol. The van der Waals surface area contributed by atoms with Gasteiger partial charge in [-0.1, -0.05) is 32.9 Å². The number of alkyl halides is 3. The number of amides is 2. The van der Waals surface area contributed by atoms with Crippen LogP contribution in [-0.2, 0) is 15.0 Å². The van der Waals surface area contributed by atoms with Crippen molar-refractivity contribution in [3.05, 3.63) is 59.7 Å². The normalized spacial score (nSPS) is 21.9. The van der Waals surface area contributed by atoms with Gasteiger partial charge in [-0.15, -0.1) is 0 Å². The average Bonchev–Trinajstić information content (AvgIpc) is 3.28. The van der Waals surface area contributed by atoms with Gasteiger partial charge < -0.3 is 5.32 Å². The highest BCUT2D eigenvalue weighted by Gasteiger charge is 2.46. The summed E-state index contributed by atoms with van der Waals surface area (Å²) in [5.74, 6) is -5.17. The number of likely N-dealkylation sites (tertiary alicyclic amines) is 1. The first-order valence-corrected chi connectivity index (χ1v) is 13.3. The quantitative estimate of drug-likeness (QED) is 0.389. The molecular weight excluding hydrogens is 526 g/mol. The first-order valence-electron chi connectivity index (χ1n) is 13.3. The Bertz CT molecular complexity index is 1260. The van der Waals surface area contributed by atoms with Crippen LogP contribution in [0.25, 0.3) is 0 Å². The molecule has 1 N–H and O–H groups in total. The number of pyridine rings is 1. The second kappa shape index (κ2) is 11.4. The number of carbonyl (C=O) groups is 2. The average molecular weight is 560 g/mol. The molecule has 1 saturated heterocycles. The molecule has 0 spiro atoms. The van der Waals surface area contributed by atoms with Crippen molar-refractivity contribution in [2.45, 2.75) is 88.5 Å². The van der Waals surface area contributed by atoms with Gasteiger partial charge in [0.25, 0.3) is 5.91 Å². The predicted molar refractivity (Wildman–Crippen MR) is 141 cm³/mol. The van der Waals surface area contributed by atoms with Crippen molar-refractivity contribution in [2.75, 3.05) is 11.4 Å². The van der Waals surface area contributed by atoms with Gasteiger partial charge in [0, 0.05) is 42.9 Å². The van der Waals surface area contributed by atoms with E-state index in [9.17, 15) is 28.0 Å². The van der Waals surface area contributed by atoms with E-state index in [1.807, 2.05) is 27.0 Å². The zero-order valence-electron chi connectivity index (χ0n) is 22.7. The SMILES string of the molecule is CC(C)(C)c1ccc(N(C(=O)C2C(F)CCN2C#N)C(C(=O)NC2CCC(F)(F)CC2)c2cncc(F)c2)cc1. The van der Waals surface area contributed by atoms with Gasteiger partial charge in [-0.3, -0.25) is 24.4 Å². The molecule has 1 saturated carbocycles. The van der Waals surface area contributed by atoms with E-state index in [4.69, 9.17) is 0 Å². The van der Waals surface area contributed by atoms with Crippen LogP contribution in [0, 0.1) is 17.3 Å². The molecule has 3 atom stereocenters. The Morgan fingerprint density at radius 2 is 1.80 bits per heavy atom. The minimum Gasteiger partial charge on any atom is -0.351 e. The molecule has 2 fully saturated rings. The maximum Gasteiger partial charge on any atom is 0.254 e. The summed E-state index contributed by atoms with van der Waals surface area (Å²) in [6.07, 6.45) is 1.57. The van der Waals surface area contributed by atoms with E-state index < -0.39 is 60.7 Å². The van der Waals surface area contributed by atoms with Crippen LogP contribution in [0.2, 0.25) is 0 Å². The Hall–Kier alpha value is -3.68. The maximum atomic E-state index is 15.1. The topological polar surface area (TPSA) is 89.3 Å². The number of anilines is 1. The van der Waals surface area contributed by atoms with Crippen LogP contribution in [0.1, 0.15) is 70.0 Å². The van der Waals surface area contributed by atoms with Gasteiger partial charge in [-0.05, 0) is 48.4 Å². The molecule has 2 amide bonds. The molecule has 1 aliphatic heterocycles. The number of rotatable bonds is 6. The van der Waals surface area contributed by atoms with Crippen LogP contribution in [0.4, 0.5) is 23.2 Å². The van der Waals surface area contributed by atoms with E-state index in [-0.39, 0.29) is 42.5 Å². The second-order valence-corrected chi connectivity index (χ2v) is 11.5. The summed E-state index contributed by atoms with van der Waals surface area (Å²) in [5.41, 5.74) is 0.953. The lowest BCUT2D eigenvalue weighted by Gasteiger charge is -2.36. The van der Waals surface area contributed by atoms with E-state index in [1.54, 1.807) is 24.3 Å². The fourth-order valence-electron chi connectivity index (χ4n) is 5.28. The highest BCUT2D eigenvalue weighted by Crippen LogP contribution is 2.36. The first-order chi connectivity index (χ1) is 18.8. The van der Waals surface area contributed by atoms with Crippen LogP contribution < -0.4 is 10.2 Å². The van der Waals surface area contributed by atoms with Gasteiger partial charge in [-0.2, -0.15) is 5.26 Å². The minimum absolute atomic E-state index is 0.0174. The molecule has 40 heavy (non-hydrogen) atoms. The Morgan fingerprint density at radius 1 is 1.15 bits per heavy atom. The van der Waals surface area contributed by atoms with E-state index >= 15 is 4.39 Å². The summed E-state index contributed by atoms with van der Waals surface area (Å²) < 4.78 is 56.9. The number of halogens is 4.